The summed E-state index contributed by atoms with van der Waals surface area (Å²) in [5.41, 5.74) is 6.13. The Morgan fingerprint density at radius 3 is 2.37 bits per heavy atom. The summed E-state index contributed by atoms with van der Waals surface area (Å²) in [6, 6.07) is -3.65. The molecule has 0 aromatic carbocycles. The van der Waals surface area contributed by atoms with Crippen molar-refractivity contribution in [2.24, 2.45) is 5.73 Å². The van der Waals surface area contributed by atoms with Gasteiger partial charge in [-0.25, -0.2) is 9.78 Å². The molecule has 2 amide bonds. The molecule has 11 nitrogen and oxygen atoms in total. The Morgan fingerprint density at radius 1 is 1.19 bits per heavy atom. The third kappa shape index (κ3) is 7.86. The van der Waals surface area contributed by atoms with Crippen LogP contribution in [0, 0.1) is 0 Å². The maximum absolute atomic E-state index is 12.4. The summed E-state index contributed by atoms with van der Waals surface area (Å²) >= 11 is 0. The zero-order valence-corrected chi connectivity index (χ0v) is 15.0. The number of rotatable bonds is 12. The van der Waals surface area contributed by atoms with Crippen LogP contribution in [-0.2, 0) is 25.6 Å². The fraction of sp³-hybridized carbons (Fsp3) is 0.562. The number of aliphatic carboxylic acids is 2. The first-order chi connectivity index (χ1) is 12.7. The smallest absolute Gasteiger partial charge is 0.326 e. The Bertz CT molecular complexity index is 648. The van der Waals surface area contributed by atoms with Crippen molar-refractivity contribution in [1.82, 2.24) is 20.6 Å². The van der Waals surface area contributed by atoms with Crippen molar-refractivity contribution >= 4 is 23.8 Å². The topological polar surface area (TPSA) is 187 Å². The van der Waals surface area contributed by atoms with Gasteiger partial charge in [0.25, 0.3) is 0 Å². The number of hydrogen-bond acceptors (Lipinski definition) is 6. The number of nitrogens with zero attached hydrogens (tertiary/aromatic N) is 1. The first kappa shape index (κ1) is 22.1. The molecule has 0 saturated heterocycles. The minimum atomic E-state index is -1.44. The summed E-state index contributed by atoms with van der Waals surface area (Å²) in [6.45, 7) is 1.93. The van der Waals surface area contributed by atoms with Gasteiger partial charge in [0.15, 0.2) is 0 Å². The molecular formula is C16H25N5O6. The molecule has 0 aliphatic heterocycles. The van der Waals surface area contributed by atoms with Crippen molar-refractivity contribution in [2.75, 3.05) is 0 Å². The number of amides is 2. The summed E-state index contributed by atoms with van der Waals surface area (Å²) in [7, 11) is 0. The normalized spacial score (nSPS) is 14.0. The van der Waals surface area contributed by atoms with Gasteiger partial charge in [-0.15, -0.1) is 0 Å². The molecule has 0 aliphatic rings. The Balaban J connectivity index is 2.78. The van der Waals surface area contributed by atoms with Crippen LogP contribution < -0.4 is 16.4 Å². The predicted octanol–water partition coefficient (Wildman–Crippen LogP) is -1.00. The molecule has 1 aromatic heterocycles. The largest absolute Gasteiger partial charge is 0.481 e. The van der Waals surface area contributed by atoms with E-state index in [-0.39, 0.29) is 6.42 Å². The highest BCUT2D eigenvalue weighted by molar-refractivity contribution is 5.93. The van der Waals surface area contributed by atoms with Crippen molar-refractivity contribution in [3.8, 4) is 0 Å². The van der Waals surface area contributed by atoms with Crippen molar-refractivity contribution in [3.63, 3.8) is 0 Å². The van der Waals surface area contributed by atoms with E-state index in [4.69, 9.17) is 10.8 Å². The maximum atomic E-state index is 12.4. The molecule has 1 heterocycles. The summed E-state index contributed by atoms with van der Waals surface area (Å²) in [4.78, 5) is 53.4. The van der Waals surface area contributed by atoms with E-state index in [0.717, 1.165) is 6.42 Å². The van der Waals surface area contributed by atoms with E-state index in [2.05, 4.69) is 20.6 Å². The average molecular weight is 383 g/mol. The third-order valence-corrected chi connectivity index (χ3v) is 3.80. The fourth-order valence-electron chi connectivity index (χ4n) is 2.30. The van der Waals surface area contributed by atoms with Gasteiger partial charge in [-0.3, -0.25) is 14.4 Å². The highest BCUT2D eigenvalue weighted by atomic mass is 16.4. The van der Waals surface area contributed by atoms with E-state index in [1.165, 1.54) is 12.5 Å². The third-order valence-electron chi connectivity index (χ3n) is 3.80. The molecular weight excluding hydrogens is 358 g/mol. The molecule has 0 aliphatic carbocycles. The zero-order valence-electron chi connectivity index (χ0n) is 15.0. The van der Waals surface area contributed by atoms with Crippen molar-refractivity contribution in [3.05, 3.63) is 18.2 Å². The van der Waals surface area contributed by atoms with Crippen LogP contribution in [0.3, 0.4) is 0 Å². The van der Waals surface area contributed by atoms with Gasteiger partial charge < -0.3 is 31.6 Å². The van der Waals surface area contributed by atoms with Crippen molar-refractivity contribution in [2.45, 2.75) is 57.2 Å². The minimum Gasteiger partial charge on any atom is -0.481 e. The molecule has 0 bridgehead atoms. The molecule has 7 N–H and O–H groups in total. The van der Waals surface area contributed by atoms with E-state index in [1.807, 2.05) is 6.92 Å². The van der Waals surface area contributed by atoms with E-state index in [0.29, 0.717) is 18.5 Å². The van der Waals surface area contributed by atoms with Gasteiger partial charge in [0.1, 0.15) is 12.1 Å². The Labute approximate surface area is 155 Å². The maximum Gasteiger partial charge on any atom is 0.326 e. The number of aromatic amines is 1. The van der Waals surface area contributed by atoms with E-state index >= 15 is 0 Å². The lowest BCUT2D eigenvalue weighted by Crippen LogP contribution is -2.55. The zero-order chi connectivity index (χ0) is 20.4. The highest BCUT2D eigenvalue weighted by Crippen LogP contribution is 2.03. The SMILES string of the molecule is CCCC[C@H](N)C(=O)N[C@@H](CC(=O)O)C(=O)N[C@@H](Cc1c[nH]cn1)C(=O)O. The van der Waals surface area contributed by atoms with Gasteiger partial charge in [-0.05, 0) is 6.42 Å². The second-order valence-electron chi connectivity index (χ2n) is 6.07. The van der Waals surface area contributed by atoms with Crippen molar-refractivity contribution in [1.29, 1.82) is 0 Å². The number of imidazole rings is 1. The van der Waals surface area contributed by atoms with Crippen LogP contribution in [0.1, 0.15) is 38.3 Å². The first-order valence-corrected chi connectivity index (χ1v) is 8.53. The molecule has 150 valence electrons. The number of aromatic nitrogens is 2. The predicted molar refractivity (Wildman–Crippen MR) is 93.5 cm³/mol. The number of carbonyl (C=O) groups excluding carboxylic acids is 2. The van der Waals surface area contributed by atoms with Gasteiger partial charge in [-0.1, -0.05) is 19.8 Å². The second-order valence-corrected chi connectivity index (χ2v) is 6.07. The van der Waals surface area contributed by atoms with Crippen LogP contribution in [0.2, 0.25) is 0 Å². The van der Waals surface area contributed by atoms with Crippen LogP contribution in [0.5, 0.6) is 0 Å². The van der Waals surface area contributed by atoms with E-state index < -0.39 is 48.3 Å². The molecule has 27 heavy (non-hydrogen) atoms. The molecule has 0 radical (unpaired) electrons. The summed E-state index contributed by atoms with van der Waals surface area (Å²) in [5, 5.41) is 22.8. The number of H-pyrrole nitrogens is 1. The summed E-state index contributed by atoms with van der Waals surface area (Å²) in [5.74, 6) is -4.22. The standard InChI is InChI=1S/C16H25N5O6/c1-2-3-4-10(17)14(24)20-11(6-13(22)23)15(25)21-12(16(26)27)5-9-7-18-8-19-9/h7-8,10-12H,2-6,17H2,1H3,(H,18,19)(H,20,24)(H,21,25)(H,22,23)(H,26,27)/t10-,11-,12-/m0/s1. The van der Waals surface area contributed by atoms with Crippen LogP contribution in [0.4, 0.5) is 0 Å². The molecule has 0 unspecified atom stereocenters. The summed E-state index contributed by atoms with van der Waals surface area (Å²) < 4.78 is 0. The number of carboxylic acids is 2. The van der Waals surface area contributed by atoms with Gasteiger partial charge >= 0.3 is 11.9 Å². The number of carboxylic acid groups (broad SMARTS) is 2. The van der Waals surface area contributed by atoms with Gasteiger partial charge in [-0.2, -0.15) is 0 Å². The van der Waals surface area contributed by atoms with Crippen LogP contribution in [0.25, 0.3) is 0 Å². The average Bonchev–Trinajstić information content (AvgIpc) is 3.10. The number of nitrogens with two attached hydrogens (primary N) is 1. The fourth-order valence-corrected chi connectivity index (χ4v) is 2.30. The number of carbonyl (C=O) groups is 4. The molecule has 1 aromatic rings. The van der Waals surface area contributed by atoms with Crippen LogP contribution in [0.15, 0.2) is 12.5 Å². The molecule has 0 fully saturated rings. The number of unbranched alkanes of at least 4 members (excludes halogenated alkanes) is 1. The lowest BCUT2D eigenvalue weighted by atomic mass is 10.1. The van der Waals surface area contributed by atoms with Gasteiger partial charge in [0.05, 0.1) is 24.5 Å². The Morgan fingerprint density at radius 2 is 1.85 bits per heavy atom. The van der Waals surface area contributed by atoms with Crippen molar-refractivity contribution < 1.29 is 29.4 Å². The quantitative estimate of drug-likeness (QED) is 0.265. The molecule has 0 saturated carbocycles. The van der Waals surface area contributed by atoms with Gasteiger partial charge in [0.2, 0.25) is 11.8 Å². The first-order valence-electron chi connectivity index (χ1n) is 8.53. The van der Waals surface area contributed by atoms with Gasteiger partial charge in [0, 0.05) is 12.6 Å². The molecule has 1 rings (SSSR count). The number of nitrogens with one attached hydrogen (secondary N) is 3. The van der Waals surface area contributed by atoms with Crippen LogP contribution >= 0.6 is 0 Å². The summed E-state index contributed by atoms with van der Waals surface area (Å²) in [6.07, 6.45) is 3.96. The highest BCUT2D eigenvalue weighted by Gasteiger charge is 2.29. The van der Waals surface area contributed by atoms with E-state index in [9.17, 15) is 24.3 Å². The lowest BCUT2D eigenvalue weighted by molar-refractivity contribution is -0.143. The van der Waals surface area contributed by atoms with E-state index in [1.54, 1.807) is 0 Å². The van der Waals surface area contributed by atoms with Crippen LogP contribution in [-0.4, -0.2) is 62.1 Å². The molecule has 3 atom stereocenters. The Hall–Kier alpha value is -2.95. The Kier molecular flexibility index (Phi) is 8.93. The second kappa shape index (κ2) is 10.9. The number of hydrogen-bond donors (Lipinski definition) is 6. The lowest BCUT2D eigenvalue weighted by Gasteiger charge is -2.21. The molecule has 11 heteroatoms. The monoisotopic (exact) mass is 383 g/mol. The minimum absolute atomic E-state index is 0.103. The molecule has 0 spiro atoms.